The van der Waals surface area contributed by atoms with Gasteiger partial charge in [0.15, 0.2) is 5.96 Å². The predicted octanol–water partition coefficient (Wildman–Crippen LogP) is 4.11. The van der Waals surface area contributed by atoms with E-state index in [1.165, 1.54) is 4.88 Å². The lowest BCUT2D eigenvalue weighted by molar-refractivity contribution is 0.250. The number of amides is 2. The van der Waals surface area contributed by atoms with Gasteiger partial charge in [-0.25, -0.2) is 14.8 Å². The lowest BCUT2D eigenvalue weighted by atomic mass is 10.2. The second-order valence-electron chi connectivity index (χ2n) is 6.57. The van der Waals surface area contributed by atoms with Gasteiger partial charge in [0.05, 0.1) is 13.1 Å². The Kier molecular flexibility index (Phi) is 11.6. The molecule has 0 saturated carbocycles. The molecule has 0 spiro atoms. The van der Waals surface area contributed by atoms with Crippen molar-refractivity contribution in [3.63, 3.8) is 0 Å². The minimum Gasteiger partial charge on any atom is -0.357 e. The molecule has 29 heavy (non-hydrogen) atoms. The first-order valence-corrected chi connectivity index (χ1v) is 10.4. The Bertz CT molecular complexity index is 776. The Hall–Kier alpha value is -1.88. The third-order valence-corrected chi connectivity index (χ3v) is 4.89. The van der Waals surface area contributed by atoms with Crippen LogP contribution >= 0.6 is 35.3 Å². The number of anilines is 1. The molecular formula is C20H31IN6OS. The SMILES string of the molecule is CCNC(=NCc1ccc(NC(=O)NC(C)C)cc1)NCc1ncc(CC)s1.I. The quantitative estimate of drug-likeness (QED) is 0.235. The van der Waals surface area contributed by atoms with E-state index in [0.717, 1.165) is 35.2 Å². The number of guanidine groups is 1. The van der Waals surface area contributed by atoms with E-state index < -0.39 is 0 Å². The molecular weight excluding hydrogens is 499 g/mol. The third kappa shape index (κ3) is 9.44. The first kappa shape index (κ1) is 25.2. The Morgan fingerprint density at radius 2 is 1.90 bits per heavy atom. The molecule has 1 heterocycles. The van der Waals surface area contributed by atoms with Gasteiger partial charge in [-0.2, -0.15) is 0 Å². The molecule has 7 nitrogen and oxygen atoms in total. The summed E-state index contributed by atoms with van der Waals surface area (Å²) in [5.74, 6) is 0.759. The van der Waals surface area contributed by atoms with Crippen LogP contribution in [0.4, 0.5) is 10.5 Å². The van der Waals surface area contributed by atoms with Gasteiger partial charge in [0.1, 0.15) is 5.01 Å². The summed E-state index contributed by atoms with van der Waals surface area (Å²) < 4.78 is 0. The van der Waals surface area contributed by atoms with E-state index in [4.69, 9.17) is 0 Å². The van der Waals surface area contributed by atoms with Crippen LogP contribution in [0.2, 0.25) is 0 Å². The summed E-state index contributed by atoms with van der Waals surface area (Å²) in [6, 6.07) is 7.59. The van der Waals surface area contributed by atoms with E-state index in [0.29, 0.717) is 13.1 Å². The molecule has 0 saturated heterocycles. The van der Waals surface area contributed by atoms with Gasteiger partial charge in [-0.15, -0.1) is 35.3 Å². The molecule has 0 radical (unpaired) electrons. The Morgan fingerprint density at radius 1 is 1.17 bits per heavy atom. The number of carbonyl (C=O) groups excluding carboxylic acids is 1. The fourth-order valence-electron chi connectivity index (χ4n) is 2.39. The highest BCUT2D eigenvalue weighted by molar-refractivity contribution is 14.0. The van der Waals surface area contributed by atoms with E-state index in [-0.39, 0.29) is 36.0 Å². The van der Waals surface area contributed by atoms with Crippen molar-refractivity contribution in [2.45, 2.75) is 53.2 Å². The summed E-state index contributed by atoms with van der Waals surface area (Å²) in [5.41, 5.74) is 1.82. The summed E-state index contributed by atoms with van der Waals surface area (Å²) in [4.78, 5) is 22.1. The molecule has 0 bridgehead atoms. The Labute approximate surface area is 194 Å². The maximum atomic E-state index is 11.7. The fraction of sp³-hybridized carbons (Fsp3) is 0.450. The van der Waals surface area contributed by atoms with Crippen LogP contribution in [0, 0.1) is 0 Å². The molecule has 4 N–H and O–H groups in total. The van der Waals surface area contributed by atoms with Crippen LogP contribution in [-0.2, 0) is 19.5 Å². The Balaban J connectivity index is 0.00000420. The average Bonchev–Trinajstić information content (AvgIpc) is 3.12. The van der Waals surface area contributed by atoms with E-state index in [1.807, 2.05) is 51.2 Å². The van der Waals surface area contributed by atoms with Crippen LogP contribution in [-0.4, -0.2) is 29.6 Å². The second kappa shape index (κ2) is 13.4. The lowest BCUT2D eigenvalue weighted by Crippen LogP contribution is -2.36. The van der Waals surface area contributed by atoms with Crippen LogP contribution in [0.1, 0.15) is 43.1 Å². The number of aliphatic imine (C=N–C) groups is 1. The van der Waals surface area contributed by atoms with Gasteiger partial charge in [-0.1, -0.05) is 19.1 Å². The van der Waals surface area contributed by atoms with Crippen molar-refractivity contribution in [3.8, 4) is 0 Å². The number of urea groups is 1. The fourth-order valence-corrected chi connectivity index (χ4v) is 3.19. The van der Waals surface area contributed by atoms with Crippen molar-refractivity contribution in [2.24, 2.45) is 4.99 Å². The summed E-state index contributed by atoms with van der Waals surface area (Å²) in [6.45, 7) is 10.0. The molecule has 0 aliphatic rings. The van der Waals surface area contributed by atoms with Gasteiger partial charge in [-0.05, 0) is 44.9 Å². The standard InChI is InChI=1S/C20H30N6OS.HI/c1-5-17-12-22-18(28-17)13-24-19(21-6-2)23-11-15-7-9-16(10-8-15)26-20(27)25-14(3)4;/h7-10,12,14H,5-6,11,13H2,1-4H3,(H2,21,23,24)(H2,25,26,27);1H. The number of aromatic nitrogens is 1. The van der Waals surface area contributed by atoms with Gasteiger partial charge < -0.3 is 21.3 Å². The predicted molar refractivity (Wildman–Crippen MR) is 132 cm³/mol. The molecule has 2 amide bonds. The molecule has 2 rings (SSSR count). The molecule has 1 aromatic heterocycles. The van der Waals surface area contributed by atoms with Crippen LogP contribution in [0.5, 0.6) is 0 Å². The lowest BCUT2D eigenvalue weighted by Gasteiger charge is -2.11. The van der Waals surface area contributed by atoms with Gasteiger partial charge in [0, 0.05) is 29.3 Å². The van der Waals surface area contributed by atoms with Crippen molar-refractivity contribution in [2.75, 3.05) is 11.9 Å². The zero-order valence-corrected chi connectivity index (χ0v) is 20.6. The topological polar surface area (TPSA) is 90.4 Å². The third-order valence-electron chi connectivity index (χ3n) is 3.75. The second-order valence-corrected chi connectivity index (χ2v) is 7.77. The van der Waals surface area contributed by atoms with E-state index in [1.54, 1.807) is 11.3 Å². The van der Waals surface area contributed by atoms with Crippen molar-refractivity contribution in [1.82, 2.24) is 20.9 Å². The van der Waals surface area contributed by atoms with Crippen LogP contribution < -0.4 is 21.3 Å². The molecule has 2 aromatic rings. The minimum absolute atomic E-state index is 0. The van der Waals surface area contributed by atoms with E-state index in [9.17, 15) is 4.79 Å². The van der Waals surface area contributed by atoms with Crippen LogP contribution in [0.15, 0.2) is 35.5 Å². The highest BCUT2D eigenvalue weighted by Gasteiger charge is 2.04. The first-order valence-electron chi connectivity index (χ1n) is 9.62. The van der Waals surface area contributed by atoms with Gasteiger partial charge in [-0.3, -0.25) is 0 Å². The number of hydrogen-bond acceptors (Lipinski definition) is 4. The molecule has 0 aliphatic carbocycles. The number of aryl methyl sites for hydroxylation is 1. The molecule has 1 aromatic carbocycles. The molecule has 0 atom stereocenters. The highest BCUT2D eigenvalue weighted by Crippen LogP contribution is 2.13. The summed E-state index contributed by atoms with van der Waals surface area (Å²) in [6.07, 6.45) is 2.94. The number of thiazole rings is 1. The maximum absolute atomic E-state index is 11.7. The van der Waals surface area contributed by atoms with Crippen LogP contribution in [0.25, 0.3) is 0 Å². The van der Waals surface area contributed by atoms with Gasteiger partial charge >= 0.3 is 6.03 Å². The number of nitrogens with one attached hydrogen (secondary N) is 4. The Morgan fingerprint density at radius 3 is 2.48 bits per heavy atom. The summed E-state index contributed by atoms with van der Waals surface area (Å²) in [5, 5.41) is 13.2. The maximum Gasteiger partial charge on any atom is 0.319 e. The summed E-state index contributed by atoms with van der Waals surface area (Å²) in [7, 11) is 0. The molecule has 0 aliphatic heterocycles. The van der Waals surface area contributed by atoms with Gasteiger partial charge in [0.25, 0.3) is 0 Å². The first-order chi connectivity index (χ1) is 13.5. The minimum atomic E-state index is -0.201. The van der Waals surface area contributed by atoms with E-state index >= 15 is 0 Å². The van der Waals surface area contributed by atoms with Crippen molar-refractivity contribution < 1.29 is 4.79 Å². The zero-order chi connectivity index (χ0) is 20.4. The normalized spacial score (nSPS) is 11.0. The zero-order valence-electron chi connectivity index (χ0n) is 17.4. The van der Waals surface area contributed by atoms with Crippen molar-refractivity contribution in [1.29, 1.82) is 0 Å². The summed E-state index contributed by atoms with van der Waals surface area (Å²) >= 11 is 1.72. The average molecular weight is 530 g/mol. The number of benzene rings is 1. The number of hydrogen-bond donors (Lipinski definition) is 4. The molecule has 0 fully saturated rings. The smallest absolute Gasteiger partial charge is 0.319 e. The molecule has 0 unspecified atom stereocenters. The monoisotopic (exact) mass is 530 g/mol. The number of nitrogens with zero attached hydrogens (tertiary/aromatic N) is 2. The van der Waals surface area contributed by atoms with Crippen molar-refractivity contribution in [3.05, 3.63) is 45.9 Å². The number of halogens is 1. The van der Waals surface area contributed by atoms with E-state index in [2.05, 4.69) is 38.2 Å². The van der Waals surface area contributed by atoms with Gasteiger partial charge in [0.2, 0.25) is 0 Å². The largest absolute Gasteiger partial charge is 0.357 e. The number of carbonyl (C=O) groups is 1. The van der Waals surface area contributed by atoms with Crippen molar-refractivity contribution >= 4 is 53.0 Å². The molecule has 160 valence electrons. The van der Waals surface area contributed by atoms with Crippen LogP contribution in [0.3, 0.4) is 0 Å². The molecule has 9 heteroatoms. The number of rotatable bonds is 8. The highest BCUT2D eigenvalue weighted by atomic mass is 127.